The van der Waals surface area contributed by atoms with Gasteiger partial charge in [-0.1, -0.05) is 6.07 Å². The lowest BCUT2D eigenvalue weighted by atomic mass is 10.1. The molecular formula is C17H19NO4. The molecule has 0 bridgehead atoms. The SMILES string of the molecule is CCOC(=O)c1ccc(NCc2ccc(O)c(OC)c2)cc1. The molecule has 2 aromatic carbocycles. The summed E-state index contributed by atoms with van der Waals surface area (Å²) in [6, 6.07) is 12.3. The van der Waals surface area contributed by atoms with E-state index in [-0.39, 0.29) is 11.7 Å². The van der Waals surface area contributed by atoms with Gasteiger partial charge in [0.1, 0.15) is 0 Å². The van der Waals surface area contributed by atoms with Crippen molar-refractivity contribution in [1.29, 1.82) is 0 Å². The number of ether oxygens (including phenoxy) is 2. The molecule has 116 valence electrons. The van der Waals surface area contributed by atoms with E-state index in [4.69, 9.17) is 9.47 Å². The third kappa shape index (κ3) is 3.91. The van der Waals surface area contributed by atoms with Gasteiger partial charge in [0.2, 0.25) is 0 Å². The minimum Gasteiger partial charge on any atom is -0.504 e. The van der Waals surface area contributed by atoms with E-state index in [1.165, 1.54) is 7.11 Å². The van der Waals surface area contributed by atoms with Crippen LogP contribution in [0.5, 0.6) is 11.5 Å². The zero-order chi connectivity index (χ0) is 15.9. The average molecular weight is 301 g/mol. The van der Waals surface area contributed by atoms with Gasteiger partial charge in [-0.3, -0.25) is 0 Å². The highest BCUT2D eigenvalue weighted by Crippen LogP contribution is 2.26. The molecule has 0 saturated heterocycles. The largest absolute Gasteiger partial charge is 0.504 e. The van der Waals surface area contributed by atoms with Crippen LogP contribution in [0, 0.1) is 0 Å². The number of methoxy groups -OCH3 is 1. The number of phenolic OH excluding ortho intramolecular Hbond substituents is 1. The summed E-state index contributed by atoms with van der Waals surface area (Å²) in [7, 11) is 1.51. The fourth-order valence-corrected chi connectivity index (χ4v) is 1.97. The molecule has 22 heavy (non-hydrogen) atoms. The summed E-state index contributed by atoms with van der Waals surface area (Å²) in [5.41, 5.74) is 2.39. The molecule has 0 spiro atoms. The molecule has 5 heteroatoms. The number of hydrogen-bond acceptors (Lipinski definition) is 5. The number of phenols is 1. The van der Waals surface area contributed by atoms with Crippen LogP contribution in [0.2, 0.25) is 0 Å². The number of esters is 1. The molecule has 2 rings (SSSR count). The molecule has 0 aliphatic rings. The standard InChI is InChI=1S/C17H19NO4/c1-3-22-17(20)13-5-7-14(8-6-13)18-11-12-4-9-15(19)16(10-12)21-2/h4-10,18-19H,3,11H2,1-2H3. The molecule has 0 heterocycles. The minimum absolute atomic E-state index is 0.116. The molecule has 0 radical (unpaired) electrons. The Bertz CT molecular complexity index is 638. The fourth-order valence-electron chi connectivity index (χ4n) is 1.97. The van der Waals surface area contributed by atoms with Crippen molar-refractivity contribution in [3.63, 3.8) is 0 Å². The Morgan fingerprint density at radius 1 is 1.18 bits per heavy atom. The van der Waals surface area contributed by atoms with Gasteiger partial charge in [-0.2, -0.15) is 0 Å². The van der Waals surface area contributed by atoms with Gasteiger partial charge in [-0.15, -0.1) is 0 Å². The van der Waals surface area contributed by atoms with Gasteiger partial charge in [0, 0.05) is 12.2 Å². The molecule has 0 unspecified atom stereocenters. The predicted molar refractivity (Wildman–Crippen MR) is 84.4 cm³/mol. The number of rotatable bonds is 6. The van der Waals surface area contributed by atoms with Crippen molar-refractivity contribution in [1.82, 2.24) is 0 Å². The van der Waals surface area contributed by atoms with Crippen molar-refractivity contribution in [2.24, 2.45) is 0 Å². The smallest absolute Gasteiger partial charge is 0.338 e. The second-order valence-electron chi connectivity index (χ2n) is 4.66. The highest BCUT2D eigenvalue weighted by molar-refractivity contribution is 5.89. The molecule has 0 amide bonds. The van der Waals surface area contributed by atoms with E-state index in [1.807, 2.05) is 18.2 Å². The van der Waals surface area contributed by atoms with E-state index in [9.17, 15) is 9.90 Å². The van der Waals surface area contributed by atoms with Crippen LogP contribution in [-0.4, -0.2) is 24.8 Å². The Kier molecular flexibility index (Phi) is 5.25. The monoisotopic (exact) mass is 301 g/mol. The van der Waals surface area contributed by atoms with E-state index in [0.29, 0.717) is 24.5 Å². The molecule has 2 aromatic rings. The first-order valence-corrected chi connectivity index (χ1v) is 7.01. The van der Waals surface area contributed by atoms with Crippen molar-refractivity contribution < 1.29 is 19.4 Å². The Morgan fingerprint density at radius 2 is 1.91 bits per heavy atom. The van der Waals surface area contributed by atoms with Gasteiger partial charge < -0.3 is 19.9 Å². The van der Waals surface area contributed by atoms with Gasteiger partial charge in [0.25, 0.3) is 0 Å². The lowest BCUT2D eigenvalue weighted by molar-refractivity contribution is 0.0526. The molecule has 0 saturated carbocycles. The van der Waals surface area contributed by atoms with Gasteiger partial charge in [0.15, 0.2) is 11.5 Å². The Balaban J connectivity index is 1.98. The van der Waals surface area contributed by atoms with E-state index in [2.05, 4.69) is 5.32 Å². The van der Waals surface area contributed by atoms with Crippen LogP contribution in [0.1, 0.15) is 22.8 Å². The molecule has 2 N–H and O–H groups in total. The normalized spacial score (nSPS) is 10.1. The van der Waals surface area contributed by atoms with Gasteiger partial charge in [-0.25, -0.2) is 4.79 Å². The van der Waals surface area contributed by atoms with Crippen LogP contribution in [0.4, 0.5) is 5.69 Å². The van der Waals surface area contributed by atoms with E-state index in [0.717, 1.165) is 11.3 Å². The predicted octanol–water partition coefficient (Wildman–Crippen LogP) is 3.19. The number of hydrogen-bond donors (Lipinski definition) is 2. The van der Waals surface area contributed by atoms with Crippen LogP contribution >= 0.6 is 0 Å². The average Bonchev–Trinajstić information content (AvgIpc) is 2.55. The lowest BCUT2D eigenvalue weighted by Crippen LogP contribution is -2.05. The maximum Gasteiger partial charge on any atom is 0.338 e. The summed E-state index contributed by atoms with van der Waals surface area (Å²) in [6.45, 7) is 2.72. The summed E-state index contributed by atoms with van der Waals surface area (Å²) < 4.78 is 10.0. The quantitative estimate of drug-likeness (QED) is 0.802. The van der Waals surface area contributed by atoms with E-state index >= 15 is 0 Å². The Hall–Kier alpha value is -2.69. The lowest BCUT2D eigenvalue weighted by Gasteiger charge is -2.09. The molecule has 0 aliphatic carbocycles. The molecule has 0 aliphatic heterocycles. The van der Waals surface area contributed by atoms with E-state index < -0.39 is 0 Å². The summed E-state index contributed by atoms with van der Waals surface area (Å²) in [5.74, 6) is 0.235. The first kappa shape index (κ1) is 15.7. The molecule has 0 atom stereocenters. The van der Waals surface area contributed by atoms with Gasteiger partial charge in [-0.05, 0) is 48.9 Å². The number of nitrogens with one attached hydrogen (secondary N) is 1. The summed E-state index contributed by atoms with van der Waals surface area (Å²) >= 11 is 0. The van der Waals surface area contributed by atoms with Crippen LogP contribution in [-0.2, 0) is 11.3 Å². The van der Waals surface area contributed by atoms with Crippen LogP contribution in [0.15, 0.2) is 42.5 Å². The number of aromatic hydroxyl groups is 1. The highest BCUT2D eigenvalue weighted by atomic mass is 16.5. The second kappa shape index (κ2) is 7.36. The molecular weight excluding hydrogens is 282 g/mol. The third-order valence-corrected chi connectivity index (χ3v) is 3.14. The molecule has 0 aromatic heterocycles. The van der Waals surface area contributed by atoms with Crippen LogP contribution in [0.25, 0.3) is 0 Å². The summed E-state index contributed by atoms with van der Waals surface area (Å²) in [4.78, 5) is 11.6. The van der Waals surface area contributed by atoms with E-state index in [1.54, 1.807) is 31.2 Å². The maximum atomic E-state index is 11.6. The first-order chi connectivity index (χ1) is 10.6. The fraction of sp³-hybridized carbons (Fsp3) is 0.235. The Morgan fingerprint density at radius 3 is 2.55 bits per heavy atom. The number of carbonyl (C=O) groups is 1. The number of anilines is 1. The zero-order valence-electron chi connectivity index (χ0n) is 12.6. The molecule has 5 nitrogen and oxygen atoms in total. The first-order valence-electron chi connectivity index (χ1n) is 7.01. The number of benzene rings is 2. The Labute approximate surface area is 129 Å². The summed E-state index contributed by atoms with van der Waals surface area (Å²) in [6.07, 6.45) is 0. The summed E-state index contributed by atoms with van der Waals surface area (Å²) in [5, 5.41) is 12.8. The van der Waals surface area contributed by atoms with Crippen molar-refractivity contribution >= 4 is 11.7 Å². The highest BCUT2D eigenvalue weighted by Gasteiger charge is 2.06. The minimum atomic E-state index is -0.322. The van der Waals surface area contributed by atoms with Crippen molar-refractivity contribution in [3.05, 3.63) is 53.6 Å². The zero-order valence-corrected chi connectivity index (χ0v) is 12.6. The van der Waals surface area contributed by atoms with Gasteiger partial charge >= 0.3 is 5.97 Å². The maximum absolute atomic E-state index is 11.6. The van der Waals surface area contributed by atoms with Crippen LogP contribution in [0.3, 0.4) is 0 Å². The van der Waals surface area contributed by atoms with Gasteiger partial charge in [0.05, 0.1) is 19.3 Å². The number of carbonyl (C=O) groups excluding carboxylic acids is 1. The molecule has 0 fully saturated rings. The second-order valence-corrected chi connectivity index (χ2v) is 4.66. The topological polar surface area (TPSA) is 67.8 Å². The third-order valence-electron chi connectivity index (χ3n) is 3.14. The van der Waals surface area contributed by atoms with Crippen molar-refractivity contribution in [2.75, 3.05) is 19.0 Å². The van der Waals surface area contributed by atoms with Crippen molar-refractivity contribution in [3.8, 4) is 11.5 Å². The van der Waals surface area contributed by atoms with Crippen LogP contribution < -0.4 is 10.1 Å². The van der Waals surface area contributed by atoms with Crippen molar-refractivity contribution in [2.45, 2.75) is 13.5 Å².